The van der Waals surface area contributed by atoms with Crippen LogP contribution in [-0.4, -0.2) is 36.7 Å². The zero-order chi connectivity index (χ0) is 16.8. The first-order chi connectivity index (χ1) is 11.0. The highest BCUT2D eigenvalue weighted by Crippen LogP contribution is 2.29. The molecule has 1 aromatic rings. The van der Waals surface area contributed by atoms with Crippen molar-refractivity contribution in [2.24, 2.45) is 11.8 Å². The number of amides is 1. The van der Waals surface area contributed by atoms with E-state index in [2.05, 4.69) is 54.6 Å². The molecule has 1 amide bonds. The van der Waals surface area contributed by atoms with Gasteiger partial charge in [0.2, 0.25) is 5.91 Å². The fourth-order valence-corrected chi connectivity index (χ4v) is 3.79. The van der Waals surface area contributed by atoms with E-state index in [1.54, 1.807) is 11.8 Å². The second kappa shape index (κ2) is 8.74. The first-order valence-electron chi connectivity index (χ1n) is 8.60. The van der Waals surface area contributed by atoms with Gasteiger partial charge in [-0.25, -0.2) is 0 Å². The lowest BCUT2D eigenvalue weighted by Gasteiger charge is -2.35. The molecule has 0 saturated heterocycles. The molecule has 1 saturated carbocycles. The van der Waals surface area contributed by atoms with Crippen molar-refractivity contribution >= 4 is 17.7 Å². The summed E-state index contributed by atoms with van der Waals surface area (Å²) in [5, 5.41) is 3.25. The van der Waals surface area contributed by atoms with Gasteiger partial charge >= 0.3 is 0 Å². The van der Waals surface area contributed by atoms with Gasteiger partial charge in [0.1, 0.15) is 0 Å². The summed E-state index contributed by atoms with van der Waals surface area (Å²) in [6.07, 6.45) is 5.73. The first kappa shape index (κ1) is 18.3. The molecule has 3 unspecified atom stereocenters. The van der Waals surface area contributed by atoms with Crippen molar-refractivity contribution in [3.63, 3.8) is 0 Å². The van der Waals surface area contributed by atoms with Gasteiger partial charge in [0, 0.05) is 17.5 Å². The highest BCUT2D eigenvalue weighted by Gasteiger charge is 2.28. The van der Waals surface area contributed by atoms with E-state index >= 15 is 0 Å². The molecule has 128 valence electrons. The Labute approximate surface area is 145 Å². The summed E-state index contributed by atoms with van der Waals surface area (Å²) >= 11 is 1.75. The smallest absolute Gasteiger partial charge is 0.234 e. The SMILES string of the molecule is CSc1ccc(CN(C)CC(=O)NC2CCCC(C)C2C)cc1. The van der Waals surface area contributed by atoms with Gasteiger partial charge < -0.3 is 5.32 Å². The van der Waals surface area contributed by atoms with Crippen molar-refractivity contribution in [1.82, 2.24) is 10.2 Å². The van der Waals surface area contributed by atoms with E-state index in [1.807, 2.05) is 7.05 Å². The number of carbonyl (C=O) groups is 1. The van der Waals surface area contributed by atoms with Crippen molar-refractivity contribution < 1.29 is 4.79 Å². The van der Waals surface area contributed by atoms with Crippen LogP contribution in [-0.2, 0) is 11.3 Å². The van der Waals surface area contributed by atoms with Crippen LogP contribution in [0.2, 0.25) is 0 Å². The lowest BCUT2D eigenvalue weighted by atomic mass is 9.78. The van der Waals surface area contributed by atoms with Gasteiger partial charge in [-0.1, -0.05) is 38.8 Å². The Morgan fingerprint density at radius 1 is 1.26 bits per heavy atom. The van der Waals surface area contributed by atoms with Gasteiger partial charge in [0.05, 0.1) is 6.54 Å². The van der Waals surface area contributed by atoms with Crippen molar-refractivity contribution in [1.29, 1.82) is 0 Å². The predicted molar refractivity (Wildman–Crippen MR) is 98.7 cm³/mol. The Kier molecular flexibility index (Phi) is 6.97. The summed E-state index contributed by atoms with van der Waals surface area (Å²) in [5.41, 5.74) is 1.25. The number of likely N-dealkylation sites (N-methyl/N-ethyl adjacent to an activating group) is 1. The van der Waals surface area contributed by atoms with Crippen molar-refractivity contribution in [2.75, 3.05) is 19.8 Å². The zero-order valence-corrected chi connectivity index (χ0v) is 15.7. The Hall–Kier alpha value is -1.00. The van der Waals surface area contributed by atoms with Crippen molar-refractivity contribution in [2.45, 2.75) is 50.6 Å². The van der Waals surface area contributed by atoms with Gasteiger partial charge in [0.15, 0.2) is 0 Å². The lowest BCUT2D eigenvalue weighted by Crippen LogP contribution is -2.46. The molecule has 0 aliphatic heterocycles. The van der Waals surface area contributed by atoms with Crippen molar-refractivity contribution in [3.05, 3.63) is 29.8 Å². The third-order valence-electron chi connectivity index (χ3n) is 5.08. The summed E-state index contributed by atoms with van der Waals surface area (Å²) in [5.74, 6) is 1.44. The molecule has 1 fully saturated rings. The molecule has 23 heavy (non-hydrogen) atoms. The number of carbonyl (C=O) groups excluding carboxylic acids is 1. The van der Waals surface area contributed by atoms with E-state index in [9.17, 15) is 4.79 Å². The van der Waals surface area contributed by atoms with Crippen LogP contribution in [0, 0.1) is 11.8 Å². The number of hydrogen-bond donors (Lipinski definition) is 1. The van der Waals surface area contributed by atoms with Crippen LogP contribution in [0.1, 0.15) is 38.7 Å². The molecule has 0 bridgehead atoms. The monoisotopic (exact) mass is 334 g/mol. The van der Waals surface area contributed by atoms with Gasteiger partial charge in [-0.05, 0) is 49.3 Å². The maximum absolute atomic E-state index is 12.3. The average Bonchev–Trinajstić information content (AvgIpc) is 2.52. The average molecular weight is 335 g/mol. The maximum atomic E-state index is 12.3. The molecule has 0 aromatic heterocycles. The van der Waals surface area contributed by atoms with Crippen LogP contribution in [0.4, 0.5) is 0 Å². The largest absolute Gasteiger partial charge is 0.352 e. The van der Waals surface area contributed by atoms with Gasteiger partial charge in [-0.15, -0.1) is 11.8 Å². The second-order valence-corrected chi connectivity index (χ2v) is 7.84. The Morgan fingerprint density at radius 2 is 1.96 bits per heavy atom. The van der Waals surface area contributed by atoms with E-state index in [0.717, 1.165) is 13.0 Å². The third kappa shape index (κ3) is 5.54. The number of nitrogens with zero attached hydrogens (tertiary/aromatic N) is 1. The van der Waals surface area contributed by atoms with E-state index in [0.29, 0.717) is 24.4 Å². The molecule has 1 aliphatic carbocycles. The summed E-state index contributed by atoms with van der Waals surface area (Å²) < 4.78 is 0. The van der Waals surface area contributed by atoms with Crippen LogP contribution in [0.15, 0.2) is 29.2 Å². The molecule has 1 aliphatic rings. The Balaban J connectivity index is 1.79. The van der Waals surface area contributed by atoms with Crippen molar-refractivity contribution in [3.8, 4) is 0 Å². The standard InChI is InChI=1S/C19H30N2OS/c1-14-6-5-7-18(15(14)2)20-19(22)13-21(3)12-16-8-10-17(23-4)11-9-16/h8-11,14-15,18H,5-7,12-13H2,1-4H3,(H,20,22). The second-order valence-electron chi connectivity index (χ2n) is 6.96. The van der Waals surface area contributed by atoms with Crippen LogP contribution in [0.5, 0.6) is 0 Å². The Bertz CT molecular complexity index is 503. The van der Waals surface area contributed by atoms with E-state index in [1.165, 1.54) is 23.3 Å². The normalized spacial score (nSPS) is 24.7. The Morgan fingerprint density at radius 3 is 2.61 bits per heavy atom. The number of thioether (sulfide) groups is 1. The van der Waals surface area contributed by atoms with Gasteiger partial charge in [-0.2, -0.15) is 0 Å². The van der Waals surface area contributed by atoms with E-state index in [4.69, 9.17) is 0 Å². The molecule has 0 radical (unpaired) electrons. The van der Waals surface area contributed by atoms with Gasteiger partial charge in [0.25, 0.3) is 0 Å². The van der Waals surface area contributed by atoms with Crippen LogP contribution in [0.25, 0.3) is 0 Å². The van der Waals surface area contributed by atoms with Gasteiger partial charge in [-0.3, -0.25) is 9.69 Å². The molecule has 2 rings (SSSR count). The summed E-state index contributed by atoms with van der Waals surface area (Å²) in [4.78, 5) is 15.7. The molecule has 0 spiro atoms. The molecule has 3 nitrogen and oxygen atoms in total. The fraction of sp³-hybridized carbons (Fsp3) is 0.632. The highest BCUT2D eigenvalue weighted by molar-refractivity contribution is 7.98. The molecular formula is C19H30N2OS. The fourth-order valence-electron chi connectivity index (χ4n) is 3.38. The number of nitrogens with one attached hydrogen (secondary N) is 1. The van der Waals surface area contributed by atoms with E-state index in [-0.39, 0.29) is 5.91 Å². The molecular weight excluding hydrogens is 304 g/mol. The molecule has 4 heteroatoms. The maximum Gasteiger partial charge on any atom is 0.234 e. The lowest BCUT2D eigenvalue weighted by molar-refractivity contribution is -0.123. The quantitative estimate of drug-likeness (QED) is 0.804. The number of hydrogen-bond acceptors (Lipinski definition) is 3. The third-order valence-corrected chi connectivity index (χ3v) is 5.82. The highest BCUT2D eigenvalue weighted by atomic mass is 32.2. The molecule has 0 heterocycles. The first-order valence-corrected chi connectivity index (χ1v) is 9.83. The molecule has 1 aromatic carbocycles. The molecule has 3 atom stereocenters. The minimum absolute atomic E-state index is 0.152. The summed E-state index contributed by atoms with van der Waals surface area (Å²) in [6.45, 7) is 5.83. The van der Waals surface area contributed by atoms with Crippen LogP contribution >= 0.6 is 11.8 Å². The van der Waals surface area contributed by atoms with Crippen LogP contribution in [0.3, 0.4) is 0 Å². The topological polar surface area (TPSA) is 32.3 Å². The summed E-state index contributed by atoms with van der Waals surface area (Å²) in [7, 11) is 2.01. The van der Waals surface area contributed by atoms with E-state index < -0.39 is 0 Å². The zero-order valence-electron chi connectivity index (χ0n) is 14.8. The minimum atomic E-state index is 0.152. The number of rotatable bonds is 6. The van der Waals surface area contributed by atoms with Crippen LogP contribution < -0.4 is 5.32 Å². The number of benzene rings is 1. The molecule has 1 N–H and O–H groups in total. The minimum Gasteiger partial charge on any atom is -0.352 e. The summed E-state index contributed by atoms with van der Waals surface area (Å²) in [6, 6.07) is 8.91. The predicted octanol–water partition coefficient (Wildman–Crippen LogP) is 3.78.